The lowest BCUT2D eigenvalue weighted by Gasteiger charge is -2.56. The van der Waals surface area contributed by atoms with E-state index < -0.39 is 29.4 Å². The van der Waals surface area contributed by atoms with Crippen molar-refractivity contribution in [1.29, 1.82) is 0 Å². The molecule has 0 spiro atoms. The van der Waals surface area contributed by atoms with Crippen LogP contribution in [0.2, 0.25) is 58.9 Å². The van der Waals surface area contributed by atoms with Crippen LogP contribution in [0, 0.1) is 0 Å². The molecule has 0 N–H and O–H groups in total. The molecule has 0 unspecified atom stereocenters. The molecule has 0 saturated heterocycles. The van der Waals surface area contributed by atoms with Crippen molar-refractivity contribution in [3.63, 3.8) is 0 Å². The van der Waals surface area contributed by atoms with E-state index in [1.165, 1.54) is 4.90 Å². The number of allylic oxidation sites excluding steroid dienone is 2. The fourth-order valence-electron chi connectivity index (χ4n) is 5.18. The van der Waals surface area contributed by atoms with E-state index in [0.717, 1.165) is 6.42 Å². The van der Waals surface area contributed by atoms with Crippen molar-refractivity contribution in [3.8, 4) is 0 Å². The largest absolute Gasteiger partial charge is 0.103 e. The van der Waals surface area contributed by atoms with Gasteiger partial charge >= 0.3 is 0 Å². The molecule has 5 heteroatoms. The SMILES string of the molecule is C=CC/C(=C/[Si]([Si](C)(C)C)([Si](C)(C)C)[Si](C)(C)C)Sc1ccccc1. The van der Waals surface area contributed by atoms with Crippen LogP contribution in [-0.2, 0) is 0 Å². The molecule has 0 radical (unpaired) electrons. The van der Waals surface area contributed by atoms with Gasteiger partial charge in [-0.05, 0) is 23.5 Å². The molecule has 1 aromatic carbocycles. The molecule has 0 fully saturated rings. The lowest BCUT2D eigenvalue weighted by atomic mass is 10.4. The molecule has 0 heterocycles. The summed E-state index contributed by atoms with van der Waals surface area (Å²) in [5.41, 5.74) is 2.90. The second kappa shape index (κ2) is 8.29. The highest BCUT2D eigenvalue weighted by Crippen LogP contribution is 2.41. The van der Waals surface area contributed by atoms with Gasteiger partial charge in [0, 0.05) is 27.7 Å². The Morgan fingerprint density at radius 2 is 1.28 bits per heavy atom. The lowest BCUT2D eigenvalue weighted by molar-refractivity contribution is 1.36. The zero-order chi connectivity index (χ0) is 19.5. The number of rotatable bonds is 8. The first-order valence-corrected chi connectivity index (χ1v) is 25.7. The van der Waals surface area contributed by atoms with Gasteiger partial charge in [-0.3, -0.25) is 0 Å². The van der Waals surface area contributed by atoms with Crippen molar-refractivity contribution >= 4 is 41.2 Å². The summed E-state index contributed by atoms with van der Waals surface area (Å²) < 4.78 is 0. The smallest absolute Gasteiger partial charge is 0.0608 e. The molecule has 0 aliphatic rings. The van der Waals surface area contributed by atoms with E-state index in [4.69, 9.17) is 0 Å². The molecule has 0 amide bonds. The van der Waals surface area contributed by atoms with Crippen molar-refractivity contribution in [2.24, 2.45) is 0 Å². The summed E-state index contributed by atoms with van der Waals surface area (Å²) in [4.78, 5) is 2.92. The average molecular weight is 423 g/mol. The molecular formula is C20H38SSi4. The normalized spacial score (nSPS) is 14.5. The van der Waals surface area contributed by atoms with E-state index in [-0.39, 0.29) is 0 Å². The molecule has 0 aromatic heterocycles. The van der Waals surface area contributed by atoms with Gasteiger partial charge in [-0.1, -0.05) is 101 Å². The molecule has 25 heavy (non-hydrogen) atoms. The van der Waals surface area contributed by atoms with Crippen LogP contribution in [0.5, 0.6) is 0 Å². The van der Waals surface area contributed by atoms with E-state index in [1.54, 1.807) is 4.91 Å². The first-order chi connectivity index (χ1) is 11.3. The molecule has 0 aliphatic heterocycles. The molecule has 1 rings (SSSR count). The van der Waals surface area contributed by atoms with Gasteiger partial charge in [0.05, 0.1) is 6.63 Å². The predicted octanol–water partition coefficient (Wildman–Crippen LogP) is 7.48. The molecule has 0 nitrogen and oxygen atoms in total. The summed E-state index contributed by atoms with van der Waals surface area (Å²) in [7, 11) is -3.84. The van der Waals surface area contributed by atoms with Crippen molar-refractivity contribution in [1.82, 2.24) is 0 Å². The van der Waals surface area contributed by atoms with E-state index in [0.29, 0.717) is 0 Å². The fraction of sp³-hybridized carbons (Fsp3) is 0.500. The summed E-state index contributed by atoms with van der Waals surface area (Å²) in [6.45, 7) is 26.5. The van der Waals surface area contributed by atoms with Crippen molar-refractivity contribution < 1.29 is 0 Å². The van der Waals surface area contributed by atoms with E-state index in [2.05, 4.69) is 108 Å². The predicted molar refractivity (Wildman–Crippen MR) is 131 cm³/mol. The Hall–Kier alpha value is -0.0825. The van der Waals surface area contributed by atoms with Gasteiger partial charge in [-0.15, -0.1) is 6.58 Å². The van der Waals surface area contributed by atoms with Gasteiger partial charge in [0.1, 0.15) is 0 Å². The van der Waals surface area contributed by atoms with Crippen LogP contribution in [0.4, 0.5) is 0 Å². The van der Waals surface area contributed by atoms with E-state index in [9.17, 15) is 0 Å². The molecule has 0 atom stereocenters. The quantitative estimate of drug-likeness (QED) is 0.238. The van der Waals surface area contributed by atoms with Crippen LogP contribution in [0.15, 0.2) is 58.5 Å². The summed E-state index contributed by atoms with van der Waals surface area (Å²) >= 11 is 1.98. The van der Waals surface area contributed by atoms with Crippen LogP contribution in [-0.4, -0.2) is 29.4 Å². The van der Waals surface area contributed by atoms with Gasteiger partial charge in [-0.25, -0.2) is 0 Å². The molecular weight excluding hydrogens is 385 g/mol. The maximum Gasteiger partial charge on any atom is 0.0608 e. The van der Waals surface area contributed by atoms with Gasteiger partial charge in [0.15, 0.2) is 0 Å². The second-order valence-electron chi connectivity index (χ2n) is 10.1. The van der Waals surface area contributed by atoms with Crippen LogP contribution >= 0.6 is 11.8 Å². The van der Waals surface area contributed by atoms with Crippen LogP contribution in [0.3, 0.4) is 0 Å². The maximum absolute atomic E-state index is 4.05. The number of thioether (sulfide) groups is 1. The number of hydrogen-bond acceptors (Lipinski definition) is 1. The Bertz CT molecular complexity index is 565. The Balaban J connectivity index is 3.60. The van der Waals surface area contributed by atoms with Crippen LogP contribution in [0.25, 0.3) is 0 Å². The minimum atomic E-state index is -1.47. The summed E-state index contributed by atoms with van der Waals surface area (Å²) in [5, 5.41) is 0. The first kappa shape index (κ1) is 23.0. The molecule has 0 aliphatic carbocycles. The van der Waals surface area contributed by atoms with E-state index >= 15 is 0 Å². The second-order valence-corrected chi connectivity index (χ2v) is 51.8. The topological polar surface area (TPSA) is 0 Å². The highest BCUT2D eigenvalue weighted by Gasteiger charge is 2.60. The van der Waals surface area contributed by atoms with Crippen LogP contribution < -0.4 is 0 Å². The third kappa shape index (κ3) is 5.22. The highest BCUT2D eigenvalue weighted by atomic mass is 32.2. The molecule has 1 aromatic rings. The lowest BCUT2D eigenvalue weighted by Crippen LogP contribution is -2.82. The zero-order valence-electron chi connectivity index (χ0n) is 17.9. The number of hydrogen-bond donors (Lipinski definition) is 0. The Morgan fingerprint density at radius 3 is 1.64 bits per heavy atom. The Labute approximate surface area is 164 Å². The van der Waals surface area contributed by atoms with Crippen molar-refractivity contribution in [3.05, 3.63) is 53.6 Å². The van der Waals surface area contributed by atoms with Crippen molar-refractivity contribution in [2.45, 2.75) is 70.2 Å². The van der Waals surface area contributed by atoms with Gasteiger partial charge < -0.3 is 0 Å². The zero-order valence-corrected chi connectivity index (χ0v) is 22.7. The third-order valence-electron chi connectivity index (χ3n) is 5.26. The monoisotopic (exact) mass is 422 g/mol. The third-order valence-corrected chi connectivity index (χ3v) is 77.5. The highest BCUT2D eigenvalue weighted by molar-refractivity contribution is 8.03. The van der Waals surface area contributed by atoms with Crippen molar-refractivity contribution in [2.75, 3.05) is 0 Å². The van der Waals surface area contributed by atoms with Gasteiger partial charge in [0.2, 0.25) is 0 Å². The van der Waals surface area contributed by atoms with Gasteiger partial charge in [0.25, 0.3) is 0 Å². The van der Waals surface area contributed by atoms with Crippen LogP contribution in [0.1, 0.15) is 6.42 Å². The number of benzene rings is 1. The maximum atomic E-state index is 4.05. The minimum Gasteiger partial charge on any atom is -0.103 e. The van der Waals surface area contributed by atoms with E-state index in [1.807, 2.05) is 11.8 Å². The Morgan fingerprint density at radius 1 is 0.840 bits per heavy atom. The standard InChI is InChI=1S/C20H38SSi4/c1-11-15-20(21-19-16-13-12-14-17-19)18-25(22(2,3)4,23(5,6)7)24(8,9)10/h11-14,16-18H,1,15H2,2-10H3/b20-18-. The van der Waals surface area contributed by atoms with Gasteiger partial charge in [-0.2, -0.15) is 0 Å². The minimum absolute atomic E-state index is 1.01. The fourth-order valence-corrected chi connectivity index (χ4v) is 103. The molecule has 140 valence electrons. The summed E-state index contributed by atoms with van der Waals surface area (Å²) in [6, 6.07) is 10.9. The average Bonchev–Trinajstić information content (AvgIpc) is 2.41. The Kier molecular flexibility index (Phi) is 7.62. The first-order valence-electron chi connectivity index (χ1n) is 9.32. The summed E-state index contributed by atoms with van der Waals surface area (Å²) in [6.07, 6.45) is 3.10. The molecule has 0 saturated carbocycles. The molecule has 0 bridgehead atoms. The summed E-state index contributed by atoms with van der Waals surface area (Å²) in [5.74, 6) is 0.